The molecule has 2 aromatic carbocycles. The van der Waals surface area contributed by atoms with Crippen molar-refractivity contribution in [2.24, 2.45) is 23.7 Å². The van der Waals surface area contributed by atoms with Gasteiger partial charge in [0, 0.05) is 24.8 Å². The van der Waals surface area contributed by atoms with Crippen molar-refractivity contribution >= 4 is 5.91 Å². The number of nitrogens with zero attached hydrogens (tertiary/aromatic N) is 1. The second-order valence-corrected chi connectivity index (χ2v) is 10.8. The van der Waals surface area contributed by atoms with Gasteiger partial charge in [0.15, 0.2) is 11.8 Å². The summed E-state index contributed by atoms with van der Waals surface area (Å²) in [5.74, 6) is -0.0272. The first kappa shape index (κ1) is 22.2. The predicted octanol–water partition coefficient (Wildman–Crippen LogP) is 5.05. The molecule has 180 valence electrons. The number of amides is 1. The SMILES string of the molecule is C[C@@H]1CC[C@H]2[C@@H](C)C(=O)N(NCc3ccc(-c4ccccc4)cc3)[C@@H]3O[C@@]4(C)CC[C@@H]1[C@@]23OO4. The molecule has 4 aliphatic heterocycles. The van der Waals surface area contributed by atoms with Gasteiger partial charge in [0.1, 0.15) is 0 Å². The topological polar surface area (TPSA) is 60.0 Å². The van der Waals surface area contributed by atoms with Gasteiger partial charge in [0.2, 0.25) is 11.7 Å². The summed E-state index contributed by atoms with van der Waals surface area (Å²) in [6.45, 7) is 6.81. The Kier molecular flexibility index (Phi) is 5.34. The smallest absolute Gasteiger partial charge is 0.242 e. The zero-order valence-corrected chi connectivity index (χ0v) is 20.2. The van der Waals surface area contributed by atoms with Crippen LogP contribution in [0.4, 0.5) is 0 Å². The van der Waals surface area contributed by atoms with Gasteiger partial charge in [0.25, 0.3) is 0 Å². The number of benzene rings is 2. The Morgan fingerprint density at radius 2 is 1.68 bits per heavy atom. The number of hydrogen-bond acceptors (Lipinski definition) is 5. The Balaban J connectivity index is 1.28. The van der Waals surface area contributed by atoms with Gasteiger partial charge in [-0.3, -0.25) is 4.79 Å². The normalized spacial score (nSPS) is 39.0. The lowest BCUT2D eigenvalue weighted by atomic mass is 9.57. The van der Waals surface area contributed by atoms with E-state index < -0.39 is 17.6 Å². The quantitative estimate of drug-likeness (QED) is 0.644. The molecule has 4 heterocycles. The fourth-order valence-corrected chi connectivity index (χ4v) is 6.84. The third kappa shape index (κ3) is 3.34. The Hall–Kier alpha value is -2.25. The highest BCUT2D eigenvalue weighted by Crippen LogP contribution is 2.60. The van der Waals surface area contributed by atoms with Crippen molar-refractivity contribution in [2.75, 3.05) is 0 Å². The first-order valence-electron chi connectivity index (χ1n) is 12.7. The number of piperidine rings is 1. The van der Waals surface area contributed by atoms with Gasteiger partial charge in [0.05, 0.1) is 0 Å². The highest BCUT2D eigenvalue weighted by Gasteiger charge is 2.70. The second-order valence-electron chi connectivity index (χ2n) is 10.8. The van der Waals surface area contributed by atoms with Crippen LogP contribution in [-0.4, -0.2) is 28.5 Å². The molecule has 6 heteroatoms. The molecule has 1 spiro atoms. The van der Waals surface area contributed by atoms with E-state index in [4.69, 9.17) is 14.5 Å². The molecular weight excluding hydrogens is 428 g/mol. The van der Waals surface area contributed by atoms with Gasteiger partial charge in [-0.25, -0.2) is 20.2 Å². The van der Waals surface area contributed by atoms with Crippen LogP contribution in [0.5, 0.6) is 0 Å². The van der Waals surface area contributed by atoms with Crippen LogP contribution in [0.1, 0.15) is 52.0 Å². The van der Waals surface area contributed by atoms with Crippen molar-refractivity contribution in [3.63, 3.8) is 0 Å². The number of fused-ring (bicyclic) bond motifs is 2. The summed E-state index contributed by atoms with van der Waals surface area (Å²) in [4.78, 5) is 25.8. The standard InChI is InChI=1S/C28H34N2O4/c1-18-9-14-24-19(2)25(31)30(26-28(24)23(18)15-16-27(3,32-26)33-34-28)29-17-20-10-12-22(13-11-20)21-7-5-4-6-8-21/h4-8,10-13,18-19,23-24,26,29H,9,14-17H2,1-3H3/t18-,19-,23+,24+,26-,27-,28-/m1/s1. The fraction of sp³-hybridized carbons (Fsp3) is 0.536. The molecular formula is C28H34N2O4. The Bertz CT molecular complexity index is 1060. The van der Waals surface area contributed by atoms with E-state index in [2.05, 4.69) is 48.7 Å². The summed E-state index contributed by atoms with van der Waals surface area (Å²) in [5, 5.41) is 1.73. The van der Waals surface area contributed by atoms with Gasteiger partial charge >= 0.3 is 0 Å². The maximum atomic E-state index is 13.6. The van der Waals surface area contributed by atoms with Gasteiger partial charge in [-0.1, -0.05) is 68.4 Å². The van der Waals surface area contributed by atoms with Gasteiger partial charge in [-0.15, -0.1) is 0 Å². The molecule has 5 aliphatic rings. The van der Waals surface area contributed by atoms with Gasteiger partial charge in [-0.05, 0) is 54.7 Å². The minimum Gasteiger partial charge on any atom is -0.319 e. The third-order valence-electron chi connectivity index (χ3n) is 8.78. The van der Waals surface area contributed by atoms with Crippen LogP contribution in [0.3, 0.4) is 0 Å². The first-order chi connectivity index (χ1) is 16.4. The molecule has 1 aliphatic carbocycles. The van der Waals surface area contributed by atoms with Crippen molar-refractivity contribution in [3.8, 4) is 11.1 Å². The van der Waals surface area contributed by atoms with Crippen LogP contribution in [0.25, 0.3) is 11.1 Å². The minimum absolute atomic E-state index is 0.0783. The highest BCUT2D eigenvalue weighted by atomic mass is 17.3. The maximum absolute atomic E-state index is 13.6. The summed E-state index contributed by atoms with van der Waals surface area (Å²) < 4.78 is 6.57. The molecule has 0 unspecified atom stereocenters. The molecule has 1 saturated carbocycles. The minimum atomic E-state index is -0.838. The molecule has 4 saturated heterocycles. The van der Waals surface area contributed by atoms with Crippen LogP contribution in [0, 0.1) is 23.7 Å². The van der Waals surface area contributed by atoms with Gasteiger partial charge < -0.3 is 4.74 Å². The van der Waals surface area contributed by atoms with E-state index in [1.54, 1.807) is 5.01 Å². The molecule has 7 rings (SSSR count). The Labute approximate surface area is 201 Å². The zero-order chi connectivity index (χ0) is 23.5. The molecule has 6 nitrogen and oxygen atoms in total. The van der Waals surface area contributed by atoms with Crippen LogP contribution < -0.4 is 5.43 Å². The van der Waals surface area contributed by atoms with Crippen molar-refractivity contribution in [2.45, 2.75) is 70.6 Å². The molecule has 5 fully saturated rings. The molecule has 1 N–H and O–H groups in total. The fourth-order valence-electron chi connectivity index (χ4n) is 6.84. The van der Waals surface area contributed by atoms with E-state index in [0.29, 0.717) is 18.4 Å². The summed E-state index contributed by atoms with van der Waals surface area (Å²) in [6, 6.07) is 18.8. The number of nitrogens with one attached hydrogen (secondary N) is 1. The number of carbonyl (C=O) groups is 1. The lowest BCUT2D eigenvalue weighted by molar-refractivity contribution is -0.549. The first-order valence-corrected chi connectivity index (χ1v) is 12.7. The van der Waals surface area contributed by atoms with E-state index in [-0.39, 0.29) is 17.7 Å². The van der Waals surface area contributed by atoms with Crippen molar-refractivity contribution in [1.29, 1.82) is 0 Å². The number of rotatable bonds is 4. The van der Waals surface area contributed by atoms with E-state index in [0.717, 1.165) is 31.2 Å². The molecule has 0 radical (unpaired) electrons. The molecule has 0 aromatic heterocycles. The molecule has 1 amide bonds. The summed E-state index contributed by atoms with van der Waals surface area (Å²) in [5.41, 5.74) is 6.27. The summed E-state index contributed by atoms with van der Waals surface area (Å²) in [7, 11) is 0. The van der Waals surface area contributed by atoms with Crippen molar-refractivity contribution in [1.82, 2.24) is 10.4 Å². The third-order valence-corrected chi connectivity index (χ3v) is 8.78. The highest BCUT2D eigenvalue weighted by molar-refractivity contribution is 5.80. The number of hydrazine groups is 1. The zero-order valence-electron chi connectivity index (χ0n) is 20.2. The largest absolute Gasteiger partial charge is 0.319 e. The van der Waals surface area contributed by atoms with Crippen LogP contribution in [0.2, 0.25) is 0 Å². The number of carbonyl (C=O) groups excluding carboxylic acids is 1. The Morgan fingerprint density at radius 3 is 2.44 bits per heavy atom. The Morgan fingerprint density at radius 1 is 0.941 bits per heavy atom. The molecule has 2 bridgehead atoms. The predicted molar refractivity (Wildman–Crippen MR) is 128 cm³/mol. The van der Waals surface area contributed by atoms with Crippen LogP contribution in [0.15, 0.2) is 54.6 Å². The average Bonchev–Trinajstić information content (AvgIpc) is 3.10. The van der Waals surface area contributed by atoms with E-state index in [9.17, 15) is 4.79 Å². The lowest BCUT2D eigenvalue weighted by Crippen LogP contribution is -2.76. The average molecular weight is 463 g/mol. The van der Waals surface area contributed by atoms with E-state index >= 15 is 0 Å². The van der Waals surface area contributed by atoms with Gasteiger partial charge in [-0.2, -0.15) is 0 Å². The lowest BCUT2D eigenvalue weighted by Gasteiger charge is -2.61. The monoisotopic (exact) mass is 462 g/mol. The maximum Gasteiger partial charge on any atom is 0.242 e. The summed E-state index contributed by atoms with van der Waals surface area (Å²) in [6.07, 6.45) is 3.32. The number of hydrogen-bond donors (Lipinski definition) is 1. The second kappa shape index (κ2) is 8.16. The van der Waals surface area contributed by atoms with Crippen molar-refractivity contribution in [3.05, 3.63) is 60.2 Å². The van der Waals surface area contributed by atoms with Crippen LogP contribution >= 0.6 is 0 Å². The van der Waals surface area contributed by atoms with E-state index in [1.165, 1.54) is 11.1 Å². The summed E-state index contributed by atoms with van der Waals surface area (Å²) >= 11 is 0. The molecule has 7 atom stereocenters. The molecule has 2 aromatic rings. The van der Waals surface area contributed by atoms with Crippen molar-refractivity contribution < 1.29 is 19.3 Å². The number of ether oxygens (including phenoxy) is 1. The van der Waals surface area contributed by atoms with E-state index in [1.807, 2.05) is 32.0 Å². The molecule has 34 heavy (non-hydrogen) atoms. The van der Waals surface area contributed by atoms with Crippen LogP contribution in [-0.2, 0) is 25.9 Å².